The lowest BCUT2D eigenvalue weighted by molar-refractivity contribution is -0.121. The molecule has 2 aromatic carbocycles. The van der Waals surface area contributed by atoms with E-state index >= 15 is 0 Å². The molecule has 2 rings (SSSR count). The van der Waals surface area contributed by atoms with E-state index in [0.29, 0.717) is 6.42 Å². The number of aryl methyl sites for hydroxylation is 4. The third kappa shape index (κ3) is 5.73. The number of rotatable bonds is 8. The molecule has 2 aromatic rings. The van der Waals surface area contributed by atoms with Crippen LogP contribution in [0.2, 0.25) is 0 Å². The topological polar surface area (TPSA) is 38.3 Å². The van der Waals surface area contributed by atoms with Crippen molar-refractivity contribution in [2.45, 2.75) is 39.5 Å². The third-order valence-corrected chi connectivity index (χ3v) is 4.15. The Balaban J connectivity index is 1.67. The van der Waals surface area contributed by atoms with Crippen LogP contribution in [-0.4, -0.2) is 19.6 Å². The van der Waals surface area contributed by atoms with Crippen LogP contribution in [0.4, 0.5) is 0 Å². The summed E-state index contributed by atoms with van der Waals surface area (Å²) in [6.07, 6.45) is 3.25. The summed E-state index contributed by atoms with van der Waals surface area (Å²) in [6, 6.07) is 14.6. The van der Waals surface area contributed by atoms with Crippen LogP contribution in [0.5, 0.6) is 5.75 Å². The normalized spacial score (nSPS) is 10.5. The van der Waals surface area contributed by atoms with Gasteiger partial charge in [0.05, 0.1) is 7.11 Å². The van der Waals surface area contributed by atoms with Gasteiger partial charge in [0.25, 0.3) is 0 Å². The zero-order valence-corrected chi connectivity index (χ0v) is 14.9. The summed E-state index contributed by atoms with van der Waals surface area (Å²) >= 11 is 0. The molecule has 0 bridgehead atoms. The summed E-state index contributed by atoms with van der Waals surface area (Å²) in [5.41, 5.74) is 4.89. The summed E-state index contributed by atoms with van der Waals surface area (Å²) in [4.78, 5) is 12.0. The number of nitrogens with one attached hydrogen (secondary N) is 1. The smallest absolute Gasteiger partial charge is 0.220 e. The van der Waals surface area contributed by atoms with Crippen molar-refractivity contribution in [2.24, 2.45) is 0 Å². The van der Waals surface area contributed by atoms with Gasteiger partial charge in [-0.2, -0.15) is 0 Å². The van der Waals surface area contributed by atoms with E-state index in [1.54, 1.807) is 7.11 Å². The molecular weight excluding hydrogens is 298 g/mol. The fraction of sp³-hybridized carbons (Fsp3) is 0.381. The molecule has 0 fully saturated rings. The minimum atomic E-state index is 0.118. The van der Waals surface area contributed by atoms with Gasteiger partial charge in [0.2, 0.25) is 5.91 Å². The van der Waals surface area contributed by atoms with Crippen LogP contribution in [0.3, 0.4) is 0 Å². The van der Waals surface area contributed by atoms with Crippen molar-refractivity contribution in [3.8, 4) is 5.75 Å². The highest BCUT2D eigenvalue weighted by Gasteiger charge is 2.04. The zero-order chi connectivity index (χ0) is 17.4. The van der Waals surface area contributed by atoms with Gasteiger partial charge in [0.15, 0.2) is 0 Å². The minimum absolute atomic E-state index is 0.118. The van der Waals surface area contributed by atoms with Crippen LogP contribution in [0.25, 0.3) is 0 Å². The largest absolute Gasteiger partial charge is 0.496 e. The molecule has 1 N–H and O–H groups in total. The second-order valence-corrected chi connectivity index (χ2v) is 6.25. The lowest BCUT2D eigenvalue weighted by Gasteiger charge is -2.08. The average Bonchev–Trinajstić information content (AvgIpc) is 2.57. The fourth-order valence-corrected chi connectivity index (χ4v) is 2.83. The monoisotopic (exact) mass is 325 g/mol. The van der Waals surface area contributed by atoms with E-state index in [9.17, 15) is 4.79 Å². The zero-order valence-electron chi connectivity index (χ0n) is 14.9. The lowest BCUT2D eigenvalue weighted by atomic mass is 10.1. The molecule has 0 saturated heterocycles. The summed E-state index contributed by atoms with van der Waals surface area (Å²) < 4.78 is 5.26. The predicted molar refractivity (Wildman–Crippen MR) is 98.6 cm³/mol. The van der Waals surface area contributed by atoms with E-state index < -0.39 is 0 Å². The van der Waals surface area contributed by atoms with Crippen LogP contribution < -0.4 is 10.1 Å². The van der Waals surface area contributed by atoms with E-state index in [-0.39, 0.29) is 5.91 Å². The van der Waals surface area contributed by atoms with E-state index in [4.69, 9.17) is 4.74 Å². The maximum Gasteiger partial charge on any atom is 0.220 e. The molecule has 128 valence electrons. The fourth-order valence-electron chi connectivity index (χ4n) is 2.83. The molecule has 0 aliphatic rings. The Kier molecular flexibility index (Phi) is 6.86. The standard InChI is InChI=1S/C21H27NO2/c1-16-6-4-7-18(14-16)8-5-13-22-21(23)12-10-19-9-11-20(24-3)17(2)15-19/h4,6-7,9,11,14-15H,5,8,10,12-13H2,1-3H3,(H,22,23). The van der Waals surface area contributed by atoms with Crippen molar-refractivity contribution in [2.75, 3.05) is 13.7 Å². The quantitative estimate of drug-likeness (QED) is 0.745. The van der Waals surface area contributed by atoms with Crippen LogP contribution in [0.15, 0.2) is 42.5 Å². The number of benzene rings is 2. The van der Waals surface area contributed by atoms with Crippen LogP contribution in [0.1, 0.15) is 35.1 Å². The van der Waals surface area contributed by atoms with Crippen LogP contribution >= 0.6 is 0 Å². The molecule has 1 amide bonds. The van der Waals surface area contributed by atoms with Crippen LogP contribution in [0, 0.1) is 13.8 Å². The number of hydrogen-bond donors (Lipinski definition) is 1. The number of carbonyl (C=O) groups is 1. The number of methoxy groups -OCH3 is 1. The summed E-state index contributed by atoms with van der Waals surface area (Å²) in [7, 11) is 1.67. The van der Waals surface area contributed by atoms with Gasteiger partial charge in [0.1, 0.15) is 5.75 Å². The van der Waals surface area contributed by atoms with Gasteiger partial charge < -0.3 is 10.1 Å². The van der Waals surface area contributed by atoms with Crippen molar-refractivity contribution in [1.29, 1.82) is 0 Å². The highest BCUT2D eigenvalue weighted by atomic mass is 16.5. The minimum Gasteiger partial charge on any atom is -0.496 e. The molecule has 0 spiro atoms. The van der Waals surface area contributed by atoms with Crippen molar-refractivity contribution in [3.63, 3.8) is 0 Å². The van der Waals surface area contributed by atoms with E-state index in [1.807, 2.05) is 19.1 Å². The van der Waals surface area contributed by atoms with Crippen LogP contribution in [-0.2, 0) is 17.6 Å². The highest BCUT2D eigenvalue weighted by molar-refractivity contribution is 5.76. The molecule has 0 aliphatic carbocycles. The van der Waals surface area contributed by atoms with Gasteiger partial charge in [-0.1, -0.05) is 42.0 Å². The van der Waals surface area contributed by atoms with E-state index in [0.717, 1.165) is 37.1 Å². The van der Waals surface area contributed by atoms with Gasteiger partial charge in [-0.05, 0) is 55.9 Å². The van der Waals surface area contributed by atoms with E-state index in [2.05, 4.69) is 42.6 Å². The number of carbonyl (C=O) groups excluding carboxylic acids is 1. The first-order valence-corrected chi connectivity index (χ1v) is 8.54. The Morgan fingerprint density at radius 1 is 1.04 bits per heavy atom. The molecule has 0 radical (unpaired) electrons. The third-order valence-electron chi connectivity index (χ3n) is 4.15. The SMILES string of the molecule is COc1ccc(CCC(=O)NCCCc2cccc(C)c2)cc1C. The van der Waals surface area contributed by atoms with Gasteiger partial charge >= 0.3 is 0 Å². The summed E-state index contributed by atoms with van der Waals surface area (Å²) in [6.45, 7) is 4.86. The maximum absolute atomic E-state index is 12.0. The second-order valence-electron chi connectivity index (χ2n) is 6.25. The highest BCUT2D eigenvalue weighted by Crippen LogP contribution is 2.19. The first-order valence-electron chi connectivity index (χ1n) is 8.54. The molecule has 0 aromatic heterocycles. The summed E-state index contributed by atoms with van der Waals surface area (Å²) in [5.74, 6) is 1.01. The lowest BCUT2D eigenvalue weighted by Crippen LogP contribution is -2.25. The van der Waals surface area contributed by atoms with E-state index in [1.165, 1.54) is 16.7 Å². The molecule has 3 nitrogen and oxygen atoms in total. The van der Waals surface area contributed by atoms with Crippen molar-refractivity contribution in [3.05, 3.63) is 64.7 Å². The Bertz CT molecular complexity index is 679. The van der Waals surface area contributed by atoms with Crippen molar-refractivity contribution < 1.29 is 9.53 Å². The van der Waals surface area contributed by atoms with Gasteiger partial charge in [-0.25, -0.2) is 0 Å². The molecule has 0 heterocycles. The first kappa shape index (κ1) is 18.1. The molecule has 24 heavy (non-hydrogen) atoms. The van der Waals surface area contributed by atoms with Gasteiger partial charge in [-0.3, -0.25) is 4.79 Å². The number of hydrogen-bond acceptors (Lipinski definition) is 2. The van der Waals surface area contributed by atoms with Gasteiger partial charge in [0, 0.05) is 13.0 Å². The maximum atomic E-state index is 12.0. The van der Waals surface area contributed by atoms with Crippen molar-refractivity contribution >= 4 is 5.91 Å². The molecule has 0 saturated carbocycles. The van der Waals surface area contributed by atoms with Crippen molar-refractivity contribution in [1.82, 2.24) is 5.32 Å². The average molecular weight is 325 g/mol. The number of ether oxygens (including phenoxy) is 1. The predicted octanol–water partition coefficient (Wildman–Crippen LogP) is 3.99. The molecule has 0 atom stereocenters. The molecular formula is C21H27NO2. The Labute approximate surface area is 145 Å². The molecule has 3 heteroatoms. The second kappa shape index (κ2) is 9.11. The Morgan fingerprint density at radius 2 is 1.83 bits per heavy atom. The summed E-state index contributed by atoms with van der Waals surface area (Å²) in [5, 5.41) is 3.01. The van der Waals surface area contributed by atoms with Gasteiger partial charge in [-0.15, -0.1) is 0 Å². The first-order chi connectivity index (χ1) is 11.6. The molecule has 0 unspecified atom stereocenters. The Morgan fingerprint density at radius 3 is 2.54 bits per heavy atom. The Hall–Kier alpha value is -2.29. The molecule has 0 aliphatic heterocycles. The number of amides is 1.